The molecular formula is C14H28O4. The first-order chi connectivity index (χ1) is 8.60. The van der Waals surface area contributed by atoms with Crippen LogP contribution in [-0.2, 0) is 4.79 Å². The molecule has 0 rings (SSSR count). The average molecular weight is 260 g/mol. The number of rotatable bonds is 12. The van der Waals surface area contributed by atoms with Crippen LogP contribution in [0.15, 0.2) is 0 Å². The number of aliphatic hydroxyl groups is 3. The van der Waals surface area contributed by atoms with Crippen LogP contribution < -0.4 is 0 Å². The van der Waals surface area contributed by atoms with Gasteiger partial charge in [-0.15, -0.1) is 0 Å². The number of carbonyl (C=O) groups excluding carboxylic acids is 1. The van der Waals surface area contributed by atoms with Gasteiger partial charge in [0.1, 0.15) is 5.78 Å². The number of carbonyl (C=O) groups is 1. The SMILES string of the molecule is CC(=O)CCC(CCCO)(CCCO)CCCO. The maximum atomic E-state index is 11.2. The summed E-state index contributed by atoms with van der Waals surface area (Å²) >= 11 is 0. The Labute approximate surface area is 110 Å². The molecule has 0 aliphatic carbocycles. The van der Waals surface area contributed by atoms with E-state index >= 15 is 0 Å². The fourth-order valence-corrected chi connectivity index (χ4v) is 2.55. The van der Waals surface area contributed by atoms with Crippen molar-refractivity contribution in [1.29, 1.82) is 0 Å². The lowest BCUT2D eigenvalue weighted by atomic mass is 9.72. The van der Waals surface area contributed by atoms with Crippen LogP contribution in [0.25, 0.3) is 0 Å². The molecule has 0 saturated carbocycles. The molecule has 0 aliphatic heterocycles. The lowest BCUT2D eigenvalue weighted by Crippen LogP contribution is -2.23. The van der Waals surface area contributed by atoms with Crippen LogP contribution in [0.1, 0.15) is 58.3 Å². The largest absolute Gasteiger partial charge is 0.396 e. The molecule has 0 spiro atoms. The van der Waals surface area contributed by atoms with Crippen molar-refractivity contribution < 1.29 is 20.1 Å². The van der Waals surface area contributed by atoms with Gasteiger partial charge >= 0.3 is 0 Å². The number of ketones is 1. The summed E-state index contributed by atoms with van der Waals surface area (Å²) in [4.78, 5) is 11.2. The molecule has 0 heterocycles. The number of Topliss-reactive ketones (excluding diaryl/α,β-unsaturated/α-hetero) is 1. The molecule has 0 saturated heterocycles. The van der Waals surface area contributed by atoms with Crippen molar-refractivity contribution in [2.45, 2.75) is 58.3 Å². The zero-order valence-electron chi connectivity index (χ0n) is 11.5. The minimum atomic E-state index is -0.0140. The van der Waals surface area contributed by atoms with E-state index in [2.05, 4.69) is 0 Å². The van der Waals surface area contributed by atoms with E-state index in [-0.39, 0.29) is 31.0 Å². The third-order valence-electron chi connectivity index (χ3n) is 3.60. The Balaban J connectivity index is 4.55. The first kappa shape index (κ1) is 17.6. The summed E-state index contributed by atoms with van der Waals surface area (Å²) < 4.78 is 0. The van der Waals surface area contributed by atoms with E-state index < -0.39 is 0 Å². The summed E-state index contributed by atoms with van der Waals surface area (Å²) in [6.45, 7) is 2.05. The summed E-state index contributed by atoms with van der Waals surface area (Å²) in [5.41, 5.74) is -0.0140. The molecule has 0 fully saturated rings. The van der Waals surface area contributed by atoms with Gasteiger partial charge in [-0.25, -0.2) is 0 Å². The van der Waals surface area contributed by atoms with Gasteiger partial charge in [0, 0.05) is 26.2 Å². The van der Waals surface area contributed by atoms with E-state index in [0.29, 0.717) is 6.42 Å². The van der Waals surface area contributed by atoms with Gasteiger partial charge < -0.3 is 20.1 Å². The Morgan fingerprint density at radius 3 is 1.50 bits per heavy atom. The summed E-state index contributed by atoms with van der Waals surface area (Å²) in [5.74, 6) is 0.177. The standard InChI is InChI=1S/C14H28O4/c1-13(18)5-9-14(6-2-10-15,7-3-11-16)8-4-12-17/h15-17H,2-12H2,1H3. The Kier molecular flexibility index (Phi) is 10.2. The molecule has 0 aliphatic rings. The van der Waals surface area contributed by atoms with Gasteiger partial charge in [-0.3, -0.25) is 0 Å². The Morgan fingerprint density at radius 1 is 0.833 bits per heavy atom. The third kappa shape index (κ3) is 7.80. The van der Waals surface area contributed by atoms with Crippen molar-refractivity contribution in [2.24, 2.45) is 5.41 Å². The molecule has 0 atom stereocenters. The highest BCUT2D eigenvalue weighted by atomic mass is 16.3. The molecule has 0 bridgehead atoms. The molecule has 0 radical (unpaired) electrons. The molecule has 18 heavy (non-hydrogen) atoms. The van der Waals surface area contributed by atoms with E-state index in [1.165, 1.54) is 0 Å². The molecular weight excluding hydrogens is 232 g/mol. The van der Waals surface area contributed by atoms with Gasteiger partial charge in [0.15, 0.2) is 0 Å². The first-order valence-corrected chi connectivity index (χ1v) is 6.92. The average Bonchev–Trinajstić information content (AvgIpc) is 2.37. The monoisotopic (exact) mass is 260 g/mol. The molecule has 108 valence electrons. The molecule has 0 amide bonds. The second kappa shape index (κ2) is 10.5. The molecule has 0 aromatic rings. The minimum absolute atomic E-state index is 0.0140. The number of hydrogen-bond donors (Lipinski definition) is 3. The van der Waals surface area contributed by atoms with Crippen LogP contribution in [0.2, 0.25) is 0 Å². The Hall–Kier alpha value is -0.450. The molecule has 4 heteroatoms. The summed E-state index contributed by atoms with van der Waals surface area (Å²) in [5, 5.41) is 27.0. The first-order valence-electron chi connectivity index (χ1n) is 6.92. The van der Waals surface area contributed by atoms with Crippen LogP contribution in [-0.4, -0.2) is 40.9 Å². The Morgan fingerprint density at radius 2 is 1.22 bits per heavy atom. The number of aliphatic hydroxyl groups excluding tert-OH is 3. The van der Waals surface area contributed by atoms with Crippen LogP contribution in [0.3, 0.4) is 0 Å². The molecule has 3 N–H and O–H groups in total. The van der Waals surface area contributed by atoms with E-state index in [1.807, 2.05) is 0 Å². The number of hydrogen-bond acceptors (Lipinski definition) is 4. The van der Waals surface area contributed by atoms with Crippen LogP contribution in [0, 0.1) is 5.41 Å². The van der Waals surface area contributed by atoms with Crippen molar-refractivity contribution in [3.63, 3.8) is 0 Å². The maximum Gasteiger partial charge on any atom is 0.129 e. The van der Waals surface area contributed by atoms with Crippen molar-refractivity contribution in [3.8, 4) is 0 Å². The molecule has 0 aromatic carbocycles. The van der Waals surface area contributed by atoms with Gasteiger partial charge in [-0.1, -0.05) is 0 Å². The highest BCUT2D eigenvalue weighted by Crippen LogP contribution is 2.39. The zero-order chi connectivity index (χ0) is 13.9. The van der Waals surface area contributed by atoms with Gasteiger partial charge in [-0.2, -0.15) is 0 Å². The van der Waals surface area contributed by atoms with Crippen LogP contribution in [0.4, 0.5) is 0 Å². The summed E-state index contributed by atoms with van der Waals surface area (Å²) in [6, 6.07) is 0. The van der Waals surface area contributed by atoms with Crippen molar-refractivity contribution in [2.75, 3.05) is 19.8 Å². The summed E-state index contributed by atoms with van der Waals surface area (Å²) in [7, 11) is 0. The summed E-state index contributed by atoms with van der Waals surface area (Å²) in [6.07, 6.45) is 6.06. The van der Waals surface area contributed by atoms with Gasteiger partial charge in [0.05, 0.1) is 0 Å². The second-order valence-electron chi connectivity index (χ2n) is 5.18. The topological polar surface area (TPSA) is 77.8 Å². The predicted octanol–water partition coefficient (Wildman–Crippen LogP) is 1.66. The fraction of sp³-hybridized carbons (Fsp3) is 0.929. The molecule has 4 nitrogen and oxygen atoms in total. The van der Waals surface area contributed by atoms with Gasteiger partial charge in [0.25, 0.3) is 0 Å². The minimum Gasteiger partial charge on any atom is -0.396 e. The second-order valence-corrected chi connectivity index (χ2v) is 5.18. The highest BCUT2D eigenvalue weighted by Gasteiger charge is 2.28. The van der Waals surface area contributed by atoms with Gasteiger partial charge in [0.2, 0.25) is 0 Å². The third-order valence-corrected chi connectivity index (χ3v) is 3.60. The van der Waals surface area contributed by atoms with E-state index in [9.17, 15) is 4.79 Å². The van der Waals surface area contributed by atoms with Crippen molar-refractivity contribution in [3.05, 3.63) is 0 Å². The maximum absolute atomic E-state index is 11.2. The fourth-order valence-electron chi connectivity index (χ4n) is 2.55. The zero-order valence-corrected chi connectivity index (χ0v) is 11.5. The lowest BCUT2D eigenvalue weighted by molar-refractivity contribution is -0.117. The van der Waals surface area contributed by atoms with E-state index in [0.717, 1.165) is 44.9 Å². The van der Waals surface area contributed by atoms with Crippen molar-refractivity contribution >= 4 is 5.78 Å². The van der Waals surface area contributed by atoms with E-state index in [4.69, 9.17) is 15.3 Å². The predicted molar refractivity (Wildman–Crippen MR) is 71.3 cm³/mol. The van der Waals surface area contributed by atoms with Gasteiger partial charge in [-0.05, 0) is 57.3 Å². The quantitative estimate of drug-likeness (QED) is 0.499. The van der Waals surface area contributed by atoms with Crippen LogP contribution >= 0.6 is 0 Å². The lowest BCUT2D eigenvalue weighted by Gasteiger charge is -2.34. The smallest absolute Gasteiger partial charge is 0.129 e. The van der Waals surface area contributed by atoms with E-state index in [1.54, 1.807) is 6.92 Å². The Bertz CT molecular complexity index is 194. The van der Waals surface area contributed by atoms with Crippen LogP contribution in [0.5, 0.6) is 0 Å². The molecule has 0 unspecified atom stereocenters. The molecule has 0 aromatic heterocycles. The normalized spacial score (nSPS) is 11.8. The highest BCUT2D eigenvalue weighted by molar-refractivity contribution is 5.75. The van der Waals surface area contributed by atoms with Crippen molar-refractivity contribution in [1.82, 2.24) is 0 Å².